The topological polar surface area (TPSA) is 0 Å². The standard InChI is InChI=1S/C41H54/c1-21(2)35-22(3)20-39(10)28(9)40(11)25(6)34-14-13-33(37-31-16-29-15-30(18-31)19-32(37)17-29)23(4)36(34)24(5)38(40)27(8)41(39,12)26(35)7/h13-14,25,28-32,37H,1,5,7,15-20H2,2-4,6,8-12H3/t25-,28+,29?,30?,31?,32?,37?,39+,40-,41-/m1/s1. The molecule has 218 valence electrons. The summed E-state index contributed by atoms with van der Waals surface area (Å²) in [6.45, 7) is 36.4. The highest BCUT2D eigenvalue weighted by Gasteiger charge is 2.65. The van der Waals surface area contributed by atoms with Crippen LogP contribution in [0, 0.1) is 52.8 Å². The second kappa shape index (κ2) is 8.51. The minimum Gasteiger partial charge on any atom is -0.0955 e. The molecule has 0 heterocycles. The van der Waals surface area contributed by atoms with E-state index in [0.29, 0.717) is 11.8 Å². The molecular formula is C41H54. The number of allylic oxidation sites excluding steroid dienone is 7. The quantitative estimate of drug-likeness (QED) is 0.346. The predicted molar refractivity (Wildman–Crippen MR) is 176 cm³/mol. The van der Waals surface area contributed by atoms with Crippen molar-refractivity contribution in [3.63, 3.8) is 0 Å². The molecular weight excluding hydrogens is 492 g/mol. The highest BCUT2D eigenvalue weighted by atomic mass is 14.7. The number of fused-ring (bicyclic) bond motifs is 3. The smallest absolute Gasteiger partial charge is 0.0196 e. The molecule has 7 aliphatic carbocycles. The SMILES string of the molecule is C=C(C)C1=C(C)C[C@@]2(C)[C@H](C)[C@]3(C)C(=C(C)[C@@]2(C)C1=C)C(=C)c1c(ccc(C2C4CC5CC(C4)CC2C5)c1C)[C@H]3C. The van der Waals surface area contributed by atoms with Gasteiger partial charge in [-0.1, -0.05) is 83.2 Å². The van der Waals surface area contributed by atoms with Crippen molar-refractivity contribution in [3.05, 3.63) is 87.6 Å². The number of rotatable bonds is 2. The minimum atomic E-state index is -0.123. The van der Waals surface area contributed by atoms with E-state index in [-0.39, 0.29) is 16.2 Å². The van der Waals surface area contributed by atoms with E-state index < -0.39 is 0 Å². The summed E-state index contributed by atoms with van der Waals surface area (Å²) in [5.74, 6) is 5.50. The van der Waals surface area contributed by atoms with Crippen molar-refractivity contribution in [2.45, 2.75) is 113 Å². The molecule has 4 saturated carbocycles. The second-order valence-electron chi connectivity index (χ2n) is 16.5. The Kier molecular flexibility index (Phi) is 5.76. The molecule has 0 aliphatic heterocycles. The molecule has 0 unspecified atom stereocenters. The van der Waals surface area contributed by atoms with Crippen molar-refractivity contribution in [2.24, 2.45) is 45.8 Å². The minimum absolute atomic E-state index is 0.0281. The van der Waals surface area contributed by atoms with Crippen molar-refractivity contribution in [1.29, 1.82) is 0 Å². The van der Waals surface area contributed by atoms with Crippen molar-refractivity contribution < 1.29 is 0 Å². The second-order valence-corrected chi connectivity index (χ2v) is 16.5. The molecule has 1 aromatic carbocycles. The van der Waals surface area contributed by atoms with E-state index in [1.165, 1.54) is 71.1 Å². The van der Waals surface area contributed by atoms with Crippen LogP contribution >= 0.6 is 0 Å². The Bertz CT molecular complexity index is 1460. The van der Waals surface area contributed by atoms with Crippen molar-refractivity contribution in [3.8, 4) is 0 Å². The molecule has 4 fully saturated rings. The van der Waals surface area contributed by atoms with E-state index in [2.05, 4.69) is 81.0 Å². The average Bonchev–Trinajstić information content (AvgIpc) is 2.89. The van der Waals surface area contributed by atoms with Crippen molar-refractivity contribution in [1.82, 2.24) is 0 Å². The largest absolute Gasteiger partial charge is 0.0955 e. The third kappa shape index (κ3) is 3.14. The van der Waals surface area contributed by atoms with Gasteiger partial charge in [-0.3, -0.25) is 0 Å². The van der Waals surface area contributed by atoms with Crippen LogP contribution in [0.15, 0.2) is 65.3 Å². The van der Waals surface area contributed by atoms with Gasteiger partial charge in [0.05, 0.1) is 0 Å². The zero-order valence-corrected chi connectivity index (χ0v) is 27.6. The van der Waals surface area contributed by atoms with Gasteiger partial charge in [0, 0.05) is 10.8 Å². The van der Waals surface area contributed by atoms with Crippen LogP contribution in [0.3, 0.4) is 0 Å². The lowest BCUT2D eigenvalue weighted by molar-refractivity contribution is -0.0261. The van der Waals surface area contributed by atoms with Crippen molar-refractivity contribution in [2.75, 3.05) is 0 Å². The third-order valence-electron chi connectivity index (χ3n) is 15.1. The molecule has 4 bridgehead atoms. The van der Waals surface area contributed by atoms with Gasteiger partial charge in [0.1, 0.15) is 0 Å². The first kappa shape index (κ1) is 27.7. The van der Waals surface area contributed by atoms with Gasteiger partial charge in [-0.2, -0.15) is 0 Å². The fourth-order valence-corrected chi connectivity index (χ4v) is 13.0. The molecule has 7 aliphatic rings. The molecule has 0 radical (unpaired) electrons. The van der Waals surface area contributed by atoms with E-state index in [1.54, 1.807) is 16.7 Å². The summed E-state index contributed by atoms with van der Waals surface area (Å²) in [5.41, 5.74) is 15.8. The molecule has 5 atom stereocenters. The van der Waals surface area contributed by atoms with E-state index in [1.807, 2.05) is 0 Å². The summed E-state index contributed by atoms with van der Waals surface area (Å²) in [5, 5.41) is 0. The van der Waals surface area contributed by atoms with Gasteiger partial charge in [0.25, 0.3) is 0 Å². The monoisotopic (exact) mass is 546 g/mol. The van der Waals surface area contributed by atoms with Crippen LogP contribution in [0.2, 0.25) is 0 Å². The molecule has 1 aromatic rings. The third-order valence-corrected chi connectivity index (χ3v) is 15.1. The van der Waals surface area contributed by atoms with Crippen LogP contribution < -0.4 is 0 Å². The zero-order chi connectivity index (χ0) is 29.5. The highest BCUT2D eigenvalue weighted by Crippen LogP contribution is 2.74. The maximum atomic E-state index is 5.01. The summed E-state index contributed by atoms with van der Waals surface area (Å²) in [7, 11) is 0. The van der Waals surface area contributed by atoms with E-state index in [0.717, 1.165) is 41.6 Å². The Morgan fingerprint density at radius 3 is 1.98 bits per heavy atom. The summed E-state index contributed by atoms with van der Waals surface area (Å²) in [6.07, 6.45) is 8.52. The predicted octanol–water partition coefficient (Wildman–Crippen LogP) is 11.5. The number of benzene rings is 1. The van der Waals surface area contributed by atoms with Gasteiger partial charge in [-0.15, -0.1) is 0 Å². The molecule has 0 spiro atoms. The van der Waals surface area contributed by atoms with Crippen LogP contribution in [-0.2, 0) is 0 Å². The first-order valence-corrected chi connectivity index (χ1v) is 16.8. The molecule has 0 N–H and O–H groups in total. The average molecular weight is 547 g/mol. The summed E-state index contributed by atoms with van der Waals surface area (Å²) in [6, 6.07) is 5.15. The molecule has 0 nitrogen and oxygen atoms in total. The Morgan fingerprint density at radius 2 is 1.41 bits per heavy atom. The van der Waals surface area contributed by atoms with Crippen molar-refractivity contribution >= 4 is 5.57 Å². The highest BCUT2D eigenvalue weighted by molar-refractivity contribution is 5.88. The van der Waals surface area contributed by atoms with Gasteiger partial charge in [-0.05, 0) is 158 Å². The fourth-order valence-electron chi connectivity index (χ4n) is 13.0. The fraction of sp³-hybridized carbons (Fsp3) is 0.610. The summed E-state index contributed by atoms with van der Waals surface area (Å²) in [4.78, 5) is 0. The molecule has 0 saturated heterocycles. The normalized spacial score (nSPS) is 44.7. The summed E-state index contributed by atoms with van der Waals surface area (Å²) >= 11 is 0. The number of hydrogen-bond donors (Lipinski definition) is 0. The van der Waals surface area contributed by atoms with Crippen LogP contribution in [-0.4, -0.2) is 0 Å². The van der Waals surface area contributed by atoms with Gasteiger partial charge in [-0.25, -0.2) is 0 Å². The Labute approximate surface area is 251 Å². The Hall–Kier alpha value is -2.08. The Morgan fingerprint density at radius 1 is 0.854 bits per heavy atom. The van der Waals surface area contributed by atoms with Gasteiger partial charge in [0.2, 0.25) is 0 Å². The van der Waals surface area contributed by atoms with Crippen LogP contribution in [0.5, 0.6) is 0 Å². The van der Waals surface area contributed by atoms with Gasteiger partial charge < -0.3 is 0 Å². The number of hydrogen-bond acceptors (Lipinski definition) is 0. The molecule has 41 heavy (non-hydrogen) atoms. The van der Waals surface area contributed by atoms with E-state index in [9.17, 15) is 0 Å². The zero-order valence-electron chi connectivity index (χ0n) is 27.6. The van der Waals surface area contributed by atoms with Gasteiger partial charge in [0.15, 0.2) is 0 Å². The first-order valence-electron chi connectivity index (χ1n) is 16.8. The summed E-state index contributed by atoms with van der Waals surface area (Å²) < 4.78 is 0. The maximum absolute atomic E-state index is 5.01. The first-order chi connectivity index (χ1) is 19.2. The van der Waals surface area contributed by atoms with Crippen LogP contribution in [0.1, 0.15) is 128 Å². The Balaban J connectivity index is 1.42. The lowest BCUT2D eigenvalue weighted by Crippen LogP contribution is -2.58. The molecule has 0 aromatic heterocycles. The van der Waals surface area contributed by atoms with E-state index in [4.69, 9.17) is 13.2 Å². The van der Waals surface area contributed by atoms with Crippen LogP contribution in [0.25, 0.3) is 5.57 Å². The lowest BCUT2D eigenvalue weighted by Gasteiger charge is -2.67. The molecule has 0 heteroatoms. The van der Waals surface area contributed by atoms with Crippen LogP contribution in [0.4, 0.5) is 0 Å². The van der Waals surface area contributed by atoms with Gasteiger partial charge >= 0.3 is 0 Å². The molecule has 0 amide bonds. The molecule has 8 rings (SSSR count). The van der Waals surface area contributed by atoms with E-state index >= 15 is 0 Å². The maximum Gasteiger partial charge on any atom is 0.0196 e. The lowest BCUT2D eigenvalue weighted by atomic mass is 9.36.